The molecule has 1 nitrogen and oxygen atoms in total. The van der Waals surface area contributed by atoms with Crippen molar-refractivity contribution in [3.05, 3.63) is 51.7 Å². The Kier molecular flexibility index (Phi) is 6.14. The van der Waals surface area contributed by atoms with Crippen molar-refractivity contribution in [3.8, 4) is 0 Å². The third-order valence-electron chi connectivity index (χ3n) is 3.29. The van der Waals surface area contributed by atoms with Gasteiger partial charge in [-0.3, -0.25) is 0 Å². The molecule has 2 rings (SSSR count). The zero-order chi connectivity index (χ0) is 14.4. The summed E-state index contributed by atoms with van der Waals surface area (Å²) in [5.41, 5.74) is 2.75. The summed E-state index contributed by atoms with van der Waals surface area (Å²) in [5, 5.41) is 5.87. The number of hydrogen-bond acceptors (Lipinski definition) is 3. The lowest BCUT2D eigenvalue weighted by atomic mass is 10.0. The third-order valence-corrected chi connectivity index (χ3v) is 5.26. The summed E-state index contributed by atoms with van der Waals surface area (Å²) in [6.07, 6.45) is 1.16. The number of aryl methyl sites for hydroxylation is 1. The summed E-state index contributed by atoms with van der Waals surface area (Å²) in [5.74, 6) is 1.13. The fourth-order valence-electron chi connectivity index (χ4n) is 2.25. The average molecular weight is 306 g/mol. The molecule has 0 aliphatic heterocycles. The standard InChI is InChI=1S/C17H23NS2/c1-4-11-18-16(17-13(3)10-12-20-17)14-6-8-15(9-7-14)19-5-2/h6-10,12,16,18H,4-5,11H2,1-3H3. The minimum absolute atomic E-state index is 0.329. The van der Waals surface area contributed by atoms with Gasteiger partial charge in [-0.2, -0.15) is 0 Å². The molecule has 1 heterocycles. The summed E-state index contributed by atoms with van der Waals surface area (Å²) < 4.78 is 0. The maximum absolute atomic E-state index is 3.68. The van der Waals surface area contributed by atoms with Gasteiger partial charge in [0.1, 0.15) is 0 Å². The highest BCUT2D eigenvalue weighted by molar-refractivity contribution is 7.99. The van der Waals surface area contributed by atoms with Crippen LogP contribution in [0, 0.1) is 6.92 Å². The molecule has 2 aromatic rings. The second kappa shape index (κ2) is 7.87. The lowest BCUT2D eigenvalue weighted by Crippen LogP contribution is -2.22. The number of hydrogen-bond donors (Lipinski definition) is 1. The SMILES string of the molecule is CCCNC(c1ccc(SCC)cc1)c1sccc1C. The molecular weight excluding hydrogens is 282 g/mol. The van der Waals surface area contributed by atoms with E-state index in [4.69, 9.17) is 0 Å². The Morgan fingerprint density at radius 3 is 2.45 bits per heavy atom. The Hall–Kier alpha value is -0.770. The van der Waals surface area contributed by atoms with Gasteiger partial charge in [-0.1, -0.05) is 26.0 Å². The van der Waals surface area contributed by atoms with Crippen molar-refractivity contribution in [1.29, 1.82) is 0 Å². The quantitative estimate of drug-likeness (QED) is 0.700. The van der Waals surface area contributed by atoms with Gasteiger partial charge in [0.25, 0.3) is 0 Å². The van der Waals surface area contributed by atoms with E-state index >= 15 is 0 Å². The molecule has 1 aromatic heterocycles. The molecule has 0 spiro atoms. The molecular formula is C17H23NS2. The molecule has 0 fully saturated rings. The number of benzene rings is 1. The van der Waals surface area contributed by atoms with Crippen LogP contribution in [0.1, 0.15) is 42.3 Å². The van der Waals surface area contributed by atoms with Crippen LogP contribution in [-0.4, -0.2) is 12.3 Å². The van der Waals surface area contributed by atoms with E-state index in [2.05, 4.69) is 61.8 Å². The average Bonchev–Trinajstić information content (AvgIpc) is 2.88. The van der Waals surface area contributed by atoms with Gasteiger partial charge in [0.2, 0.25) is 0 Å². The molecule has 0 saturated carbocycles. The van der Waals surface area contributed by atoms with Crippen LogP contribution in [-0.2, 0) is 0 Å². The molecule has 1 N–H and O–H groups in total. The van der Waals surface area contributed by atoms with Crippen LogP contribution in [0.2, 0.25) is 0 Å². The number of rotatable bonds is 7. The number of thioether (sulfide) groups is 1. The molecule has 1 aromatic carbocycles. The van der Waals surface area contributed by atoms with Crippen LogP contribution in [0.5, 0.6) is 0 Å². The van der Waals surface area contributed by atoms with Gasteiger partial charge in [0.05, 0.1) is 6.04 Å². The van der Waals surface area contributed by atoms with Crippen molar-refractivity contribution in [2.45, 2.75) is 38.1 Å². The molecule has 0 bridgehead atoms. The highest BCUT2D eigenvalue weighted by Crippen LogP contribution is 2.30. The van der Waals surface area contributed by atoms with Crippen molar-refractivity contribution in [2.24, 2.45) is 0 Å². The van der Waals surface area contributed by atoms with Crippen LogP contribution in [0.4, 0.5) is 0 Å². The molecule has 20 heavy (non-hydrogen) atoms. The van der Waals surface area contributed by atoms with E-state index in [0.29, 0.717) is 6.04 Å². The van der Waals surface area contributed by atoms with Crippen LogP contribution >= 0.6 is 23.1 Å². The first-order valence-corrected chi connectivity index (χ1v) is 9.13. The van der Waals surface area contributed by atoms with Gasteiger partial charge in [-0.05, 0) is 60.3 Å². The molecule has 0 aliphatic rings. The van der Waals surface area contributed by atoms with E-state index in [-0.39, 0.29) is 0 Å². The minimum Gasteiger partial charge on any atom is -0.306 e. The zero-order valence-corrected chi connectivity index (χ0v) is 14.1. The highest BCUT2D eigenvalue weighted by atomic mass is 32.2. The Balaban J connectivity index is 2.24. The first kappa shape index (κ1) is 15.6. The van der Waals surface area contributed by atoms with E-state index in [1.165, 1.54) is 20.9 Å². The molecule has 0 radical (unpaired) electrons. The Bertz CT molecular complexity index is 516. The summed E-state index contributed by atoms with van der Waals surface area (Å²) in [6, 6.07) is 11.6. The van der Waals surface area contributed by atoms with Gasteiger partial charge < -0.3 is 5.32 Å². The van der Waals surface area contributed by atoms with E-state index in [1.807, 2.05) is 23.1 Å². The molecule has 0 amide bonds. The van der Waals surface area contributed by atoms with Gasteiger partial charge >= 0.3 is 0 Å². The third kappa shape index (κ3) is 3.87. The number of thiophene rings is 1. The highest BCUT2D eigenvalue weighted by Gasteiger charge is 2.16. The zero-order valence-electron chi connectivity index (χ0n) is 12.5. The van der Waals surface area contributed by atoms with Crippen LogP contribution in [0.15, 0.2) is 40.6 Å². The predicted octanol–water partition coefficient (Wildman–Crippen LogP) is 5.26. The maximum atomic E-state index is 3.68. The molecule has 1 unspecified atom stereocenters. The first-order valence-electron chi connectivity index (χ1n) is 7.26. The van der Waals surface area contributed by atoms with Gasteiger partial charge in [-0.25, -0.2) is 0 Å². The molecule has 108 valence electrons. The van der Waals surface area contributed by atoms with Crippen molar-refractivity contribution in [2.75, 3.05) is 12.3 Å². The predicted molar refractivity (Wildman–Crippen MR) is 92.0 cm³/mol. The molecule has 1 atom stereocenters. The van der Waals surface area contributed by atoms with Crippen molar-refractivity contribution < 1.29 is 0 Å². The Morgan fingerprint density at radius 2 is 1.90 bits per heavy atom. The number of nitrogens with one attached hydrogen (secondary N) is 1. The smallest absolute Gasteiger partial charge is 0.0673 e. The van der Waals surface area contributed by atoms with Crippen LogP contribution in [0.25, 0.3) is 0 Å². The first-order chi connectivity index (χ1) is 9.76. The second-order valence-electron chi connectivity index (χ2n) is 4.86. The van der Waals surface area contributed by atoms with Crippen LogP contribution in [0.3, 0.4) is 0 Å². The van der Waals surface area contributed by atoms with Crippen molar-refractivity contribution in [1.82, 2.24) is 5.32 Å². The lowest BCUT2D eigenvalue weighted by Gasteiger charge is -2.19. The monoisotopic (exact) mass is 305 g/mol. The fraction of sp³-hybridized carbons (Fsp3) is 0.412. The van der Waals surface area contributed by atoms with E-state index < -0.39 is 0 Å². The minimum atomic E-state index is 0.329. The second-order valence-corrected chi connectivity index (χ2v) is 7.14. The largest absolute Gasteiger partial charge is 0.306 e. The Morgan fingerprint density at radius 1 is 1.15 bits per heavy atom. The molecule has 0 aliphatic carbocycles. The van der Waals surface area contributed by atoms with E-state index in [0.717, 1.165) is 18.7 Å². The molecule has 3 heteroatoms. The summed E-state index contributed by atoms with van der Waals surface area (Å²) in [7, 11) is 0. The fourth-order valence-corrected chi connectivity index (χ4v) is 3.94. The lowest BCUT2D eigenvalue weighted by molar-refractivity contribution is 0.603. The summed E-state index contributed by atoms with van der Waals surface area (Å²) in [4.78, 5) is 2.79. The topological polar surface area (TPSA) is 12.0 Å². The van der Waals surface area contributed by atoms with Gasteiger partial charge in [0.15, 0.2) is 0 Å². The Labute approximate surface area is 130 Å². The summed E-state index contributed by atoms with van der Waals surface area (Å²) in [6.45, 7) is 7.66. The van der Waals surface area contributed by atoms with Crippen molar-refractivity contribution in [3.63, 3.8) is 0 Å². The maximum Gasteiger partial charge on any atom is 0.0673 e. The summed E-state index contributed by atoms with van der Waals surface area (Å²) >= 11 is 3.75. The van der Waals surface area contributed by atoms with E-state index in [1.54, 1.807) is 0 Å². The van der Waals surface area contributed by atoms with E-state index in [9.17, 15) is 0 Å². The molecule has 0 saturated heterocycles. The van der Waals surface area contributed by atoms with Gasteiger partial charge in [0, 0.05) is 9.77 Å². The van der Waals surface area contributed by atoms with Crippen molar-refractivity contribution >= 4 is 23.1 Å². The van der Waals surface area contributed by atoms with Crippen LogP contribution < -0.4 is 5.32 Å². The van der Waals surface area contributed by atoms with Gasteiger partial charge in [-0.15, -0.1) is 23.1 Å². The normalized spacial score (nSPS) is 12.6.